The number of nitrogens with zero attached hydrogens (tertiary/aromatic N) is 2. The normalized spacial score (nSPS) is 11.1. The van der Waals surface area contributed by atoms with Crippen LogP contribution in [-0.2, 0) is 19.1 Å². The Morgan fingerprint density at radius 2 is 2.18 bits per heavy atom. The molecule has 0 spiro atoms. The first kappa shape index (κ1) is 13.6. The van der Waals surface area contributed by atoms with Crippen molar-refractivity contribution in [3.05, 3.63) is 17.5 Å². The number of rotatable bonds is 4. The van der Waals surface area contributed by atoms with Crippen molar-refractivity contribution in [3.8, 4) is 11.8 Å². The number of aliphatic hydroxyl groups excluding tert-OH is 1. The highest BCUT2D eigenvalue weighted by Gasteiger charge is 2.36. The Morgan fingerprint density at radius 1 is 1.47 bits per heavy atom. The van der Waals surface area contributed by atoms with Crippen LogP contribution in [0.25, 0.3) is 0 Å². The van der Waals surface area contributed by atoms with E-state index in [2.05, 4.69) is 16.9 Å². The highest BCUT2D eigenvalue weighted by Crippen LogP contribution is 2.30. The molecular weight excluding hydrogens is 233 g/mol. The van der Waals surface area contributed by atoms with Crippen molar-refractivity contribution in [1.82, 2.24) is 9.78 Å². The van der Waals surface area contributed by atoms with Crippen LogP contribution in [0.15, 0.2) is 6.20 Å². The zero-order valence-electron chi connectivity index (χ0n) is 9.38. The molecule has 0 saturated heterocycles. The second-order valence-electron chi connectivity index (χ2n) is 3.41. The molecule has 0 fully saturated rings. The van der Waals surface area contributed by atoms with Crippen LogP contribution in [0.1, 0.15) is 24.6 Å². The predicted molar refractivity (Wildman–Crippen MR) is 56.1 cm³/mol. The number of halogens is 3. The van der Waals surface area contributed by atoms with Crippen LogP contribution in [0.3, 0.4) is 0 Å². The van der Waals surface area contributed by atoms with Gasteiger partial charge in [-0.2, -0.15) is 18.3 Å². The van der Waals surface area contributed by atoms with E-state index in [1.807, 2.05) is 0 Å². The molecule has 0 aliphatic rings. The molecule has 0 amide bonds. The van der Waals surface area contributed by atoms with Gasteiger partial charge in [-0.15, -0.1) is 11.8 Å². The Balaban J connectivity index is 2.90. The third kappa shape index (κ3) is 3.79. The maximum absolute atomic E-state index is 12.6. The zero-order valence-corrected chi connectivity index (χ0v) is 9.38. The van der Waals surface area contributed by atoms with Crippen LogP contribution in [-0.4, -0.2) is 21.5 Å². The molecule has 0 radical (unpaired) electrons. The quantitative estimate of drug-likeness (QED) is 0.823. The second kappa shape index (κ2) is 5.73. The van der Waals surface area contributed by atoms with E-state index in [9.17, 15) is 13.2 Å². The number of hydrogen-bond acceptors (Lipinski definition) is 2. The van der Waals surface area contributed by atoms with Crippen LogP contribution in [0, 0.1) is 11.8 Å². The molecule has 3 nitrogen and oxygen atoms in total. The largest absolute Gasteiger partial charge is 0.435 e. The Kier molecular flexibility index (Phi) is 4.58. The maximum atomic E-state index is 12.6. The van der Waals surface area contributed by atoms with Gasteiger partial charge in [0.05, 0.1) is 6.54 Å². The van der Waals surface area contributed by atoms with E-state index in [1.165, 1.54) is 10.9 Å². The van der Waals surface area contributed by atoms with Crippen LogP contribution >= 0.6 is 0 Å². The molecule has 17 heavy (non-hydrogen) atoms. The molecule has 0 saturated carbocycles. The Hall–Kier alpha value is -1.48. The maximum Gasteiger partial charge on any atom is 0.435 e. The monoisotopic (exact) mass is 246 g/mol. The lowest BCUT2D eigenvalue weighted by Gasteiger charge is -2.04. The number of aryl methyl sites for hydroxylation is 1. The van der Waals surface area contributed by atoms with E-state index in [0.717, 1.165) is 0 Å². The van der Waals surface area contributed by atoms with Gasteiger partial charge in [0, 0.05) is 24.8 Å². The summed E-state index contributed by atoms with van der Waals surface area (Å²) in [6, 6.07) is 0. The second-order valence-corrected chi connectivity index (χ2v) is 3.41. The summed E-state index contributed by atoms with van der Waals surface area (Å²) in [5.74, 6) is 5.42. The lowest BCUT2D eigenvalue weighted by Crippen LogP contribution is -2.10. The lowest BCUT2D eigenvalue weighted by molar-refractivity contribution is -0.142. The molecule has 1 aromatic rings. The summed E-state index contributed by atoms with van der Waals surface area (Å²) in [5, 5.41) is 12.2. The zero-order chi connectivity index (χ0) is 12.9. The SMILES string of the molecule is CC#CCCn1cc(CCO)c(C(F)(F)F)n1. The summed E-state index contributed by atoms with van der Waals surface area (Å²) in [4.78, 5) is 0. The van der Waals surface area contributed by atoms with Gasteiger partial charge in [-0.05, 0) is 13.3 Å². The third-order valence-electron chi connectivity index (χ3n) is 2.13. The molecule has 6 heteroatoms. The molecule has 1 aromatic heterocycles. The van der Waals surface area contributed by atoms with E-state index in [1.54, 1.807) is 6.92 Å². The fourth-order valence-electron chi connectivity index (χ4n) is 1.41. The van der Waals surface area contributed by atoms with Gasteiger partial charge in [0.25, 0.3) is 0 Å². The van der Waals surface area contributed by atoms with E-state index in [-0.39, 0.29) is 18.6 Å². The first-order chi connectivity index (χ1) is 7.99. The van der Waals surface area contributed by atoms with Crippen molar-refractivity contribution < 1.29 is 18.3 Å². The Bertz CT molecular complexity index is 426. The molecule has 1 rings (SSSR count). The number of alkyl halides is 3. The van der Waals surface area contributed by atoms with Crippen molar-refractivity contribution in [1.29, 1.82) is 0 Å². The topological polar surface area (TPSA) is 38.0 Å². The summed E-state index contributed by atoms with van der Waals surface area (Å²) in [5.41, 5.74) is -0.902. The summed E-state index contributed by atoms with van der Waals surface area (Å²) >= 11 is 0. The number of aliphatic hydroxyl groups is 1. The van der Waals surface area contributed by atoms with Crippen LogP contribution in [0.4, 0.5) is 13.2 Å². The van der Waals surface area contributed by atoms with Gasteiger partial charge in [0.2, 0.25) is 0 Å². The number of hydrogen-bond donors (Lipinski definition) is 1. The molecule has 0 bridgehead atoms. The summed E-state index contributed by atoms with van der Waals surface area (Å²) in [6.07, 6.45) is -2.76. The van der Waals surface area contributed by atoms with E-state index in [0.29, 0.717) is 13.0 Å². The highest BCUT2D eigenvalue weighted by molar-refractivity contribution is 5.20. The number of aromatic nitrogens is 2. The van der Waals surface area contributed by atoms with Crippen LogP contribution in [0.2, 0.25) is 0 Å². The molecule has 1 N–H and O–H groups in total. The smallest absolute Gasteiger partial charge is 0.396 e. The highest BCUT2D eigenvalue weighted by atomic mass is 19.4. The van der Waals surface area contributed by atoms with E-state index >= 15 is 0 Å². The lowest BCUT2D eigenvalue weighted by atomic mass is 10.2. The minimum Gasteiger partial charge on any atom is -0.396 e. The molecule has 0 aliphatic carbocycles. The van der Waals surface area contributed by atoms with Crippen molar-refractivity contribution in [2.75, 3.05) is 6.61 Å². The molecule has 1 heterocycles. The average Bonchev–Trinajstić information content (AvgIpc) is 2.62. The summed E-state index contributed by atoms with van der Waals surface area (Å²) in [7, 11) is 0. The fourth-order valence-corrected chi connectivity index (χ4v) is 1.41. The van der Waals surface area contributed by atoms with E-state index in [4.69, 9.17) is 5.11 Å². The van der Waals surface area contributed by atoms with Gasteiger partial charge in [-0.3, -0.25) is 4.68 Å². The van der Waals surface area contributed by atoms with Gasteiger partial charge in [-0.25, -0.2) is 0 Å². The fraction of sp³-hybridized carbons (Fsp3) is 0.545. The van der Waals surface area contributed by atoms with Gasteiger partial charge in [0.15, 0.2) is 5.69 Å². The van der Waals surface area contributed by atoms with Crippen molar-refractivity contribution >= 4 is 0 Å². The standard InChI is InChI=1S/C11H13F3N2O/c1-2-3-4-6-16-8-9(5-7-17)10(15-16)11(12,13)14/h8,17H,4-7H2,1H3. The molecule has 0 atom stereocenters. The summed E-state index contributed by atoms with van der Waals surface area (Å²) in [6.45, 7) is 1.65. The molecule has 0 aromatic carbocycles. The van der Waals surface area contributed by atoms with E-state index < -0.39 is 11.9 Å². The molecular formula is C11H13F3N2O. The first-order valence-electron chi connectivity index (χ1n) is 5.13. The van der Waals surface area contributed by atoms with Gasteiger partial charge >= 0.3 is 6.18 Å². The first-order valence-corrected chi connectivity index (χ1v) is 5.13. The summed E-state index contributed by atoms with van der Waals surface area (Å²) < 4.78 is 39.0. The van der Waals surface area contributed by atoms with Gasteiger partial charge in [0.1, 0.15) is 0 Å². The van der Waals surface area contributed by atoms with Gasteiger partial charge < -0.3 is 5.11 Å². The Labute approximate surface area is 97.2 Å². The molecule has 0 unspecified atom stereocenters. The minimum absolute atomic E-state index is 0.0180. The average molecular weight is 246 g/mol. The Morgan fingerprint density at radius 3 is 2.71 bits per heavy atom. The molecule has 94 valence electrons. The van der Waals surface area contributed by atoms with Crippen molar-refractivity contribution in [2.24, 2.45) is 0 Å². The minimum atomic E-state index is -4.48. The van der Waals surface area contributed by atoms with Crippen molar-refractivity contribution in [2.45, 2.75) is 32.5 Å². The molecule has 0 aliphatic heterocycles. The van der Waals surface area contributed by atoms with Gasteiger partial charge in [-0.1, -0.05) is 0 Å². The van der Waals surface area contributed by atoms with Crippen molar-refractivity contribution in [3.63, 3.8) is 0 Å². The van der Waals surface area contributed by atoms with Crippen LogP contribution in [0.5, 0.6) is 0 Å². The third-order valence-corrected chi connectivity index (χ3v) is 2.13. The predicted octanol–water partition coefficient (Wildman–Crippen LogP) is 1.85. The van der Waals surface area contributed by atoms with Crippen LogP contribution < -0.4 is 0 Å².